The molecule has 0 aliphatic carbocycles. The van der Waals surface area contributed by atoms with Gasteiger partial charge in [0.25, 0.3) is 0 Å². The van der Waals surface area contributed by atoms with Crippen LogP contribution in [0.3, 0.4) is 0 Å². The van der Waals surface area contributed by atoms with E-state index in [1.54, 1.807) is 36.6 Å². The smallest absolute Gasteiger partial charge is 0.303 e. The first-order valence-electron chi connectivity index (χ1n) is 6.11. The number of allylic oxidation sites excluding steroid dienone is 2. The maximum atomic E-state index is 12.9. The van der Waals surface area contributed by atoms with E-state index in [1.807, 2.05) is 12.1 Å². The van der Waals surface area contributed by atoms with Crippen LogP contribution in [0.25, 0.3) is 10.9 Å². The minimum Gasteiger partial charge on any atom is -0.619 e. The molecule has 5 nitrogen and oxygen atoms in total. The summed E-state index contributed by atoms with van der Waals surface area (Å²) in [5, 5.41) is 26.0. The highest BCUT2D eigenvalue weighted by molar-refractivity contribution is 5.88. The van der Waals surface area contributed by atoms with E-state index >= 15 is 0 Å². The van der Waals surface area contributed by atoms with Crippen molar-refractivity contribution < 1.29 is 5.06 Å². The van der Waals surface area contributed by atoms with Crippen LogP contribution in [0.4, 0.5) is 11.4 Å². The van der Waals surface area contributed by atoms with Crippen LogP contribution in [0.1, 0.15) is 0 Å². The predicted molar refractivity (Wildman–Crippen MR) is 73.0 cm³/mol. The van der Waals surface area contributed by atoms with Crippen LogP contribution in [-0.2, 0) is 0 Å². The summed E-state index contributed by atoms with van der Waals surface area (Å²) in [7, 11) is 0. The molecule has 1 aromatic carbocycles. The molecule has 2 aliphatic heterocycles. The molecule has 0 amide bonds. The minimum atomic E-state index is -0.671. The fourth-order valence-corrected chi connectivity index (χ4v) is 2.78. The Balaban J connectivity index is 2.06. The van der Waals surface area contributed by atoms with Crippen LogP contribution in [0, 0.1) is 10.4 Å². The molecule has 94 valence electrons. The second-order valence-corrected chi connectivity index (χ2v) is 4.80. The van der Waals surface area contributed by atoms with Gasteiger partial charge in [-0.15, -0.1) is 0 Å². The first kappa shape index (κ1) is 10.8. The summed E-state index contributed by atoms with van der Waals surface area (Å²) < 4.78 is -0.671. The highest BCUT2D eigenvalue weighted by Crippen LogP contribution is 2.40. The molecule has 0 saturated carbocycles. The van der Waals surface area contributed by atoms with Crippen molar-refractivity contribution in [2.45, 2.75) is 0 Å². The molecular formula is C14H11N3O2. The summed E-state index contributed by atoms with van der Waals surface area (Å²) >= 11 is 0. The fraction of sp³-hybridized carbons (Fsp3) is 0.0714. The molecule has 1 aromatic heterocycles. The Morgan fingerprint density at radius 2 is 2.21 bits per heavy atom. The molecule has 0 radical (unpaired) electrons. The molecule has 2 atom stereocenters. The number of hydroxylamine groups is 3. The predicted octanol–water partition coefficient (Wildman–Crippen LogP) is 1.48. The third-order valence-electron chi connectivity index (χ3n) is 3.73. The monoisotopic (exact) mass is 253 g/mol. The number of nitrogens with zero attached hydrogens (tertiary/aromatic N) is 2. The maximum absolute atomic E-state index is 12.9. The van der Waals surface area contributed by atoms with Gasteiger partial charge in [-0.1, -0.05) is 6.07 Å². The largest absolute Gasteiger partial charge is 0.619 e. The Kier molecular flexibility index (Phi) is 1.99. The third kappa shape index (κ3) is 1.30. The Bertz CT molecular complexity index is 753. The van der Waals surface area contributed by atoms with E-state index in [4.69, 9.17) is 0 Å². The van der Waals surface area contributed by atoms with Crippen molar-refractivity contribution in [1.82, 2.24) is 9.63 Å². The van der Waals surface area contributed by atoms with Gasteiger partial charge in [-0.05, 0) is 18.2 Å². The lowest BCUT2D eigenvalue weighted by atomic mass is 10.1. The number of hydrogen-bond donors (Lipinski definition) is 1. The van der Waals surface area contributed by atoms with Crippen molar-refractivity contribution in [2.75, 3.05) is 6.54 Å². The van der Waals surface area contributed by atoms with E-state index in [1.165, 1.54) is 0 Å². The molecule has 2 aromatic rings. The standard InChI is InChI=1S/C14H11N3O2/c18-16-12-9-11-10(4-3-6-15-11)8-13(12)17(19)7-2-1-5-14(16)17/h1-6,8-9,16H,7H2. The van der Waals surface area contributed by atoms with E-state index in [0.29, 0.717) is 17.2 Å². The van der Waals surface area contributed by atoms with Crippen molar-refractivity contribution >= 4 is 22.3 Å². The summed E-state index contributed by atoms with van der Waals surface area (Å²) in [6.07, 6.45) is 6.87. The van der Waals surface area contributed by atoms with Gasteiger partial charge in [-0.2, -0.15) is 0 Å². The number of fused-ring (bicyclic) bond motifs is 4. The minimum absolute atomic E-state index is 0.179. The number of benzene rings is 1. The second kappa shape index (κ2) is 3.49. The summed E-state index contributed by atoms with van der Waals surface area (Å²) in [6, 6.07) is 7.25. The van der Waals surface area contributed by atoms with Gasteiger partial charge in [0.05, 0.1) is 11.6 Å². The number of pyridine rings is 1. The SMILES string of the molecule is [O-][NH+]1C2=CC=CC[N+]2([O-])c2cc3cccnc3cc21. The van der Waals surface area contributed by atoms with Crippen LogP contribution in [-0.4, -0.2) is 11.5 Å². The topological polar surface area (TPSA) is 63.5 Å². The molecule has 5 heteroatoms. The lowest BCUT2D eigenvalue weighted by Gasteiger charge is -2.36. The summed E-state index contributed by atoms with van der Waals surface area (Å²) in [4.78, 5) is 4.24. The van der Waals surface area contributed by atoms with E-state index in [-0.39, 0.29) is 11.6 Å². The number of nitrogens with one attached hydrogen (secondary N) is 1. The van der Waals surface area contributed by atoms with Gasteiger partial charge in [0.15, 0.2) is 0 Å². The van der Waals surface area contributed by atoms with E-state index in [2.05, 4.69) is 4.98 Å². The number of aromatic nitrogens is 1. The summed E-state index contributed by atoms with van der Waals surface area (Å²) in [5.74, 6) is 0.299. The van der Waals surface area contributed by atoms with Crippen LogP contribution >= 0.6 is 0 Å². The van der Waals surface area contributed by atoms with Crippen LogP contribution in [0.5, 0.6) is 0 Å². The molecule has 2 aliphatic rings. The van der Waals surface area contributed by atoms with Gasteiger partial charge in [-0.3, -0.25) is 10.0 Å². The van der Waals surface area contributed by atoms with Crippen LogP contribution in [0.2, 0.25) is 0 Å². The Morgan fingerprint density at radius 1 is 1.32 bits per heavy atom. The molecule has 0 fully saturated rings. The summed E-state index contributed by atoms with van der Waals surface area (Å²) in [5.41, 5.74) is 1.76. The average Bonchev–Trinajstić information content (AvgIpc) is 2.66. The highest BCUT2D eigenvalue weighted by Gasteiger charge is 2.44. The Labute approximate surface area is 109 Å². The molecule has 0 bridgehead atoms. The maximum Gasteiger partial charge on any atom is 0.303 e. The number of hydrogen-bond acceptors (Lipinski definition) is 3. The van der Waals surface area contributed by atoms with Gasteiger partial charge < -0.3 is 10.4 Å². The van der Waals surface area contributed by atoms with E-state index in [0.717, 1.165) is 10.9 Å². The number of quaternary nitrogens is 2. The van der Waals surface area contributed by atoms with Crippen LogP contribution in [0.15, 0.2) is 54.5 Å². The molecule has 2 unspecified atom stereocenters. The highest BCUT2D eigenvalue weighted by atomic mass is 16.6. The zero-order valence-corrected chi connectivity index (χ0v) is 10.0. The van der Waals surface area contributed by atoms with Crippen molar-refractivity contribution in [1.29, 1.82) is 0 Å². The second-order valence-electron chi connectivity index (χ2n) is 4.80. The normalized spacial score (nSPS) is 28.1. The van der Waals surface area contributed by atoms with Gasteiger partial charge in [0.1, 0.15) is 6.54 Å². The Morgan fingerprint density at radius 3 is 3.11 bits per heavy atom. The van der Waals surface area contributed by atoms with Crippen molar-refractivity contribution in [2.24, 2.45) is 0 Å². The van der Waals surface area contributed by atoms with Gasteiger partial charge in [-0.25, -0.2) is 4.65 Å². The van der Waals surface area contributed by atoms with E-state index in [9.17, 15) is 10.4 Å². The summed E-state index contributed by atoms with van der Waals surface area (Å²) in [6.45, 7) is 0.274. The third-order valence-corrected chi connectivity index (χ3v) is 3.73. The first-order chi connectivity index (χ1) is 9.20. The van der Waals surface area contributed by atoms with Crippen molar-refractivity contribution in [3.05, 3.63) is 64.9 Å². The molecule has 1 N–H and O–H groups in total. The van der Waals surface area contributed by atoms with E-state index < -0.39 is 4.65 Å². The zero-order valence-electron chi connectivity index (χ0n) is 10.0. The van der Waals surface area contributed by atoms with Crippen molar-refractivity contribution in [3.63, 3.8) is 0 Å². The molecule has 4 rings (SSSR count). The van der Waals surface area contributed by atoms with Gasteiger partial charge in [0, 0.05) is 23.7 Å². The molecule has 19 heavy (non-hydrogen) atoms. The van der Waals surface area contributed by atoms with Gasteiger partial charge in [0.2, 0.25) is 11.4 Å². The van der Waals surface area contributed by atoms with Crippen LogP contribution < -0.4 is 9.71 Å². The molecule has 0 saturated heterocycles. The fourth-order valence-electron chi connectivity index (χ4n) is 2.78. The number of rotatable bonds is 0. The van der Waals surface area contributed by atoms with Crippen molar-refractivity contribution in [3.8, 4) is 0 Å². The average molecular weight is 253 g/mol. The zero-order chi connectivity index (χ0) is 13.0. The lowest BCUT2D eigenvalue weighted by Crippen LogP contribution is -3.00. The Hall–Kier alpha value is -2.05. The molecular weight excluding hydrogens is 242 g/mol. The quantitative estimate of drug-likeness (QED) is 0.571. The molecule has 0 spiro atoms. The first-order valence-corrected chi connectivity index (χ1v) is 6.11. The van der Waals surface area contributed by atoms with Gasteiger partial charge >= 0.3 is 5.82 Å². The lowest BCUT2D eigenvalue weighted by molar-refractivity contribution is -0.732. The molecule has 3 heterocycles.